The minimum atomic E-state index is -3.02. The fourth-order valence-electron chi connectivity index (χ4n) is 2.94. The zero-order chi connectivity index (χ0) is 13.0. The van der Waals surface area contributed by atoms with Gasteiger partial charge in [0.1, 0.15) is 0 Å². The molecule has 0 aliphatic carbocycles. The quantitative estimate of drug-likeness (QED) is 0.763. The molecule has 3 unspecified atom stereocenters. The van der Waals surface area contributed by atoms with Crippen molar-refractivity contribution in [1.82, 2.24) is 5.32 Å². The van der Waals surface area contributed by atoms with Gasteiger partial charge in [-0.25, -0.2) is 0 Å². The van der Waals surface area contributed by atoms with E-state index < -0.39 is 7.60 Å². The van der Waals surface area contributed by atoms with E-state index in [1.165, 1.54) is 0 Å². The van der Waals surface area contributed by atoms with Crippen molar-refractivity contribution in [3.63, 3.8) is 0 Å². The molecule has 2 heterocycles. The first-order chi connectivity index (χ1) is 8.71. The third-order valence-electron chi connectivity index (χ3n) is 3.69. The molecule has 0 saturated carbocycles. The maximum Gasteiger partial charge on any atom is 0.335 e. The lowest BCUT2D eigenvalue weighted by atomic mass is 9.99. The molecule has 0 aromatic rings. The van der Waals surface area contributed by atoms with Gasteiger partial charge < -0.3 is 19.1 Å². The van der Waals surface area contributed by atoms with Gasteiger partial charge in [-0.3, -0.25) is 4.57 Å². The summed E-state index contributed by atoms with van der Waals surface area (Å²) in [5, 5.41) is 3.31. The van der Waals surface area contributed by atoms with Gasteiger partial charge in [-0.05, 0) is 26.7 Å². The predicted molar refractivity (Wildman–Crippen MR) is 77.2 cm³/mol. The first kappa shape index (κ1) is 17.4. The molecule has 2 rings (SSSR count). The zero-order valence-electron chi connectivity index (χ0n) is 11.7. The van der Waals surface area contributed by atoms with E-state index in [9.17, 15) is 4.57 Å². The van der Waals surface area contributed by atoms with Crippen molar-refractivity contribution in [3.05, 3.63) is 0 Å². The summed E-state index contributed by atoms with van der Waals surface area (Å²) in [4.78, 5) is 0. The monoisotopic (exact) mass is 313 g/mol. The lowest BCUT2D eigenvalue weighted by Gasteiger charge is -2.29. The Bertz CT molecular complexity index is 302. The second kappa shape index (κ2) is 7.96. The summed E-state index contributed by atoms with van der Waals surface area (Å²) in [5.74, 6) is 0.247. The van der Waals surface area contributed by atoms with Gasteiger partial charge >= 0.3 is 7.60 Å². The maximum absolute atomic E-state index is 12.8. The van der Waals surface area contributed by atoms with E-state index in [-0.39, 0.29) is 30.1 Å². The number of nitrogens with one attached hydrogen (secondary N) is 1. The van der Waals surface area contributed by atoms with Crippen molar-refractivity contribution in [3.8, 4) is 0 Å². The molecule has 5 nitrogen and oxygen atoms in total. The van der Waals surface area contributed by atoms with E-state index in [0.717, 1.165) is 26.0 Å². The van der Waals surface area contributed by atoms with Crippen LogP contribution < -0.4 is 5.32 Å². The Labute approximate surface area is 121 Å². The molecule has 1 N–H and O–H groups in total. The third-order valence-corrected chi connectivity index (χ3v) is 6.31. The second-order valence-electron chi connectivity index (χ2n) is 4.82. The lowest BCUT2D eigenvalue weighted by molar-refractivity contribution is 0.0665. The number of halogens is 1. The first-order valence-corrected chi connectivity index (χ1v) is 8.53. The molecular formula is C12H25ClNO4P. The Hall–Kier alpha value is 0.360. The molecule has 2 saturated heterocycles. The van der Waals surface area contributed by atoms with Crippen LogP contribution in [0.25, 0.3) is 0 Å². The van der Waals surface area contributed by atoms with Crippen molar-refractivity contribution in [2.24, 2.45) is 5.92 Å². The fourth-order valence-corrected chi connectivity index (χ4v) is 5.24. The van der Waals surface area contributed by atoms with Gasteiger partial charge in [-0.15, -0.1) is 12.4 Å². The third kappa shape index (κ3) is 3.93. The molecule has 2 aliphatic heterocycles. The Kier molecular flexibility index (Phi) is 7.30. The largest absolute Gasteiger partial charge is 0.378 e. The molecule has 0 bridgehead atoms. The first-order valence-electron chi connectivity index (χ1n) is 6.92. The highest BCUT2D eigenvalue weighted by atomic mass is 35.5. The summed E-state index contributed by atoms with van der Waals surface area (Å²) >= 11 is 0. The molecule has 3 atom stereocenters. The van der Waals surface area contributed by atoms with Crippen LogP contribution in [0.2, 0.25) is 0 Å². The fraction of sp³-hybridized carbons (Fsp3) is 1.00. The van der Waals surface area contributed by atoms with Crippen LogP contribution in [0.15, 0.2) is 0 Å². The Morgan fingerprint density at radius 1 is 1.26 bits per heavy atom. The van der Waals surface area contributed by atoms with Crippen LogP contribution in [0.4, 0.5) is 0 Å². The van der Waals surface area contributed by atoms with E-state index >= 15 is 0 Å². The summed E-state index contributed by atoms with van der Waals surface area (Å²) in [5.41, 5.74) is -0.0690. The van der Waals surface area contributed by atoms with Crippen molar-refractivity contribution < 1.29 is 18.3 Å². The second-order valence-corrected chi connectivity index (χ2v) is 7.08. The van der Waals surface area contributed by atoms with Crippen molar-refractivity contribution in [1.29, 1.82) is 0 Å². The molecule has 7 heteroatoms. The minimum Gasteiger partial charge on any atom is -0.378 e. The average molecular weight is 314 g/mol. The van der Waals surface area contributed by atoms with Gasteiger partial charge in [0, 0.05) is 25.6 Å². The highest BCUT2D eigenvalue weighted by Gasteiger charge is 2.47. The van der Waals surface area contributed by atoms with Crippen LogP contribution in [0.3, 0.4) is 0 Å². The molecule has 0 aromatic heterocycles. The Morgan fingerprint density at radius 2 is 1.95 bits per heavy atom. The van der Waals surface area contributed by atoms with Crippen molar-refractivity contribution in [2.45, 2.75) is 38.5 Å². The van der Waals surface area contributed by atoms with Crippen LogP contribution in [-0.2, 0) is 18.3 Å². The average Bonchev–Trinajstić information content (AvgIpc) is 3.00. The van der Waals surface area contributed by atoms with Gasteiger partial charge in [0.2, 0.25) is 0 Å². The molecule has 0 amide bonds. The van der Waals surface area contributed by atoms with Gasteiger partial charge in [0.15, 0.2) is 0 Å². The molecule has 114 valence electrons. The Balaban J connectivity index is 0.00000180. The van der Waals surface area contributed by atoms with E-state index in [1.54, 1.807) is 0 Å². The van der Waals surface area contributed by atoms with Crippen LogP contribution >= 0.6 is 20.0 Å². The molecule has 0 radical (unpaired) electrons. The zero-order valence-corrected chi connectivity index (χ0v) is 13.4. The van der Waals surface area contributed by atoms with Gasteiger partial charge in [-0.2, -0.15) is 0 Å². The Morgan fingerprint density at radius 3 is 2.47 bits per heavy atom. The van der Waals surface area contributed by atoms with Crippen LogP contribution in [0, 0.1) is 5.92 Å². The standard InChI is InChI=1S/C12H24NO4P.ClH/c1-3-16-18(14,17-4-2)12-9-13-8-10(12)11-6-5-7-15-11;/h10-13H,3-9H2,1-2H3;1H. The van der Waals surface area contributed by atoms with E-state index in [2.05, 4.69) is 5.32 Å². The lowest BCUT2D eigenvalue weighted by Crippen LogP contribution is -2.31. The molecule has 2 fully saturated rings. The SMILES string of the molecule is CCOP(=O)(OCC)C1CNCC1C1CCCO1.Cl. The van der Waals surface area contributed by atoms with E-state index in [4.69, 9.17) is 13.8 Å². The number of rotatable bonds is 6. The summed E-state index contributed by atoms with van der Waals surface area (Å²) in [6.07, 6.45) is 2.36. The molecule has 0 aromatic carbocycles. The highest BCUT2D eigenvalue weighted by Crippen LogP contribution is 2.57. The van der Waals surface area contributed by atoms with Crippen LogP contribution in [0.1, 0.15) is 26.7 Å². The summed E-state index contributed by atoms with van der Waals surface area (Å²) in [7, 11) is -3.02. The van der Waals surface area contributed by atoms with E-state index in [0.29, 0.717) is 19.8 Å². The number of hydrogen-bond acceptors (Lipinski definition) is 5. The van der Waals surface area contributed by atoms with Gasteiger partial charge in [0.25, 0.3) is 0 Å². The topological polar surface area (TPSA) is 56.8 Å². The highest BCUT2D eigenvalue weighted by molar-refractivity contribution is 7.54. The molecule has 2 aliphatic rings. The van der Waals surface area contributed by atoms with Crippen molar-refractivity contribution in [2.75, 3.05) is 32.9 Å². The maximum atomic E-state index is 12.8. The minimum absolute atomic E-state index is 0. The molecule has 0 spiro atoms. The summed E-state index contributed by atoms with van der Waals surface area (Å²) in [6.45, 7) is 6.92. The predicted octanol–water partition coefficient (Wildman–Crippen LogP) is 2.44. The normalized spacial score (nSPS) is 31.4. The van der Waals surface area contributed by atoms with E-state index in [1.807, 2.05) is 13.8 Å². The molecular weight excluding hydrogens is 289 g/mol. The molecule has 19 heavy (non-hydrogen) atoms. The van der Waals surface area contributed by atoms with Crippen LogP contribution in [-0.4, -0.2) is 44.7 Å². The number of hydrogen-bond donors (Lipinski definition) is 1. The summed E-state index contributed by atoms with van der Waals surface area (Å²) in [6, 6.07) is 0. The van der Waals surface area contributed by atoms with Gasteiger partial charge in [-0.1, -0.05) is 0 Å². The summed E-state index contributed by atoms with van der Waals surface area (Å²) < 4.78 is 29.6. The van der Waals surface area contributed by atoms with Crippen molar-refractivity contribution >= 4 is 20.0 Å². The number of ether oxygens (including phenoxy) is 1. The van der Waals surface area contributed by atoms with Crippen LogP contribution in [0.5, 0.6) is 0 Å². The van der Waals surface area contributed by atoms with Gasteiger partial charge in [0.05, 0.1) is 25.0 Å². The smallest absolute Gasteiger partial charge is 0.335 e.